The van der Waals surface area contributed by atoms with Crippen LogP contribution in [0.3, 0.4) is 0 Å². The molecule has 1 saturated heterocycles. The van der Waals surface area contributed by atoms with Crippen molar-refractivity contribution in [1.29, 1.82) is 0 Å². The van der Waals surface area contributed by atoms with E-state index >= 15 is 0 Å². The summed E-state index contributed by atoms with van der Waals surface area (Å²) in [7, 11) is 0. The Hall–Kier alpha value is -3.56. The van der Waals surface area contributed by atoms with Crippen molar-refractivity contribution in [1.82, 2.24) is 10.2 Å². The fraction of sp³-hybridized carbons (Fsp3) is 0.375. The molecule has 2 N–H and O–H groups in total. The summed E-state index contributed by atoms with van der Waals surface area (Å²) in [5.74, 6) is -0.488. The molecule has 0 radical (unpaired) electrons. The van der Waals surface area contributed by atoms with Gasteiger partial charge in [-0.05, 0) is 55.3 Å². The number of hydrogen-bond donors (Lipinski definition) is 2. The second-order valence-electron chi connectivity index (χ2n) is 7.95. The largest absolute Gasteiger partial charge is 0.484 e. The highest BCUT2D eigenvalue weighted by molar-refractivity contribution is 5.94. The van der Waals surface area contributed by atoms with Crippen molar-refractivity contribution in [3.8, 4) is 5.75 Å². The number of ether oxygens (including phenoxy) is 1. The Bertz CT molecular complexity index is 1020. The molecule has 1 aliphatic heterocycles. The Morgan fingerprint density at radius 1 is 1.09 bits per heavy atom. The Labute approximate surface area is 195 Å². The van der Waals surface area contributed by atoms with Crippen molar-refractivity contribution in [2.75, 3.05) is 25.0 Å². The number of halogens is 3. The first-order chi connectivity index (χ1) is 16.2. The summed E-state index contributed by atoms with van der Waals surface area (Å²) < 4.78 is 43.7. The highest BCUT2D eigenvalue weighted by Gasteiger charge is 2.30. The van der Waals surface area contributed by atoms with Crippen molar-refractivity contribution in [3.05, 3.63) is 59.7 Å². The summed E-state index contributed by atoms with van der Waals surface area (Å²) in [6.45, 7) is 2.41. The zero-order valence-electron chi connectivity index (χ0n) is 18.7. The van der Waals surface area contributed by atoms with Crippen molar-refractivity contribution in [2.24, 2.45) is 0 Å². The quantitative estimate of drug-likeness (QED) is 0.634. The molecule has 0 aliphatic carbocycles. The number of piperidine rings is 1. The van der Waals surface area contributed by atoms with Crippen LogP contribution in [-0.2, 0) is 15.8 Å². The zero-order chi connectivity index (χ0) is 24.7. The van der Waals surface area contributed by atoms with E-state index in [9.17, 15) is 27.6 Å². The average molecular weight is 477 g/mol. The molecule has 0 saturated carbocycles. The summed E-state index contributed by atoms with van der Waals surface area (Å²) in [6, 6.07) is 10.5. The third-order valence-electron chi connectivity index (χ3n) is 5.34. The maximum Gasteiger partial charge on any atom is 0.416 e. The van der Waals surface area contributed by atoms with E-state index in [4.69, 9.17) is 4.74 Å². The molecule has 34 heavy (non-hydrogen) atoms. The summed E-state index contributed by atoms with van der Waals surface area (Å²) in [4.78, 5) is 38.2. The average Bonchev–Trinajstić information content (AvgIpc) is 2.82. The summed E-state index contributed by atoms with van der Waals surface area (Å²) in [6.07, 6.45) is -2.49. The van der Waals surface area contributed by atoms with E-state index in [0.29, 0.717) is 30.8 Å². The molecule has 10 heteroatoms. The molecule has 2 aromatic rings. The lowest BCUT2D eigenvalue weighted by molar-refractivity contribution is -0.137. The van der Waals surface area contributed by atoms with Crippen molar-refractivity contribution in [2.45, 2.75) is 38.4 Å². The van der Waals surface area contributed by atoms with Crippen LogP contribution >= 0.6 is 0 Å². The molecule has 0 aromatic heterocycles. The van der Waals surface area contributed by atoms with Gasteiger partial charge >= 0.3 is 6.18 Å². The molecule has 1 atom stereocenters. The molecule has 182 valence electrons. The van der Waals surface area contributed by atoms with E-state index < -0.39 is 24.3 Å². The molecule has 2 aromatic carbocycles. The van der Waals surface area contributed by atoms with Gasteiger partial charge in [0.05, 0.1) is 5.56 Å². The van der Waals surface area contributed by atoms with E-state index in [-0.39, 0.29) is 23.5 Å². The molecule has 1 unspecified atom stereocenters. The Balaban J connectivity index is 1.51. The topological polar surface area (TPSA) is 87.7 Å². The SMILES string of the molecule is CCC(=O)NC1CCCN(C(=O)c2ccc(OCC(=O)Nc3cccc(C(F)(F)F)c3)cc2)C1. The second kappa shape index (κ2) is 11.0. The molecular formula is C24H26F3N3O4. The first-order valence-corrected chi connectivity index (χ1v) is 10.9. The summed E-state index contributed by atoms with van der Waals surface area (Å²) in [5.41, 5.74) is -0.401. The highest BCUT2D eigenvalue weighted by atomic mass is 19.4. The van der Waals surface area contributed by atoms with Gasteiger partial charge in [0.15, 0.2) is 6.61 Å². The number of likely N-dealkylation sites (tertiary alicyclic amines) is 1. The minimum Gasteiger partial charge on any atom is -0.484 e. The Morgan fingerprint density at radius 3 is 2.50 bits per heavy atom. The third kappa shape index (κ3) is 6.97. The van der Waals surface area contributed by atoms with Gasteiger partial charge in [-0.2, -0.15) is 13.2 Å². The molecule has 1 heterocycles. The first kappa shape index (κ1) is 25.1. The lowest BCUT2D eigenvalue weighted by atomic mass is 10.0. The number of carbonyl (C=O) groups excluding carboxylic acids is 3. The van der Waals surface area contributed by atoms with Crippen molar-refractivity contribution < 1.29 is 32.3 Å². The van der Waals surface area contributed by atoms with E-state index in [0.717, 1.165) is 25.0 Å². The number of amides is 3. The minimum absolute atomic E-state index is 0.0133. The molecule has 3 amide bonds. The molecule has 7 nitrogen and oxygen atoms in total. The standard InChI is InChI=1S/C24H26F3N3O4/c1-2-21(31)29-19-7-4-12-30(14-19)23(33)16-8-10-20(11-9-16)34-15-22(32)28-18-6-3-5-17(13-18)24(25,26)27/h3,5-6,8-11,13,19H,2,4,7,12,14-15H2,1H3,(H,28,32)(H,29,31). The molecule has 0 bridgehead atoms. The number of hydrogen-bond acceptors (Lipinski definition) is 4. The lowest BCUT2D eigenvalue weighted by Gasteiger charge is -2.33. The second-order valence-corrected chi connectivity index (χ2v) is 7.95. The van der Waals surface area contributed by atoms with Gasteiger partial charge in [0.25, 0.3) is 11.8 Å². The van der Waals surface area contributed by atoms with Crippen LogP contribution in [0.5, 0.6) is 5.75 Å². The molecule has 0 spiro atoms. The van der Waals surface area contributed by atoms with Crippen LogP contribution < -0.4 is 15.4 Å². The van der Waals surface area contributed by atoms with Crippen LogP contribution in [0, 0.1) is 0 Å². The number of alkyl halides is 3. The predicted molar refractivity (Wildman–Crippen MR) is 119 cm³/mol. The lowest BCUT2D eigenvalue weighted by Crippen LogP contribution is -2.49. The Morgan fingerprint density at radius 2 is 1.82 bits per heavy atom. The van der Waals surface area contributed by atoms with Crippen molar-refractivity contribution in [3.63, 3.8) is 0 Å². The normalized spacial score (nSPS) is 16.0. The minimum atomic E-state index is -4.50. The van der Waals surface area contributed by atoms with Gasteiger partial charge in [0.1, 0.15) is 5.75 Å². The van der Waals surface area contributed by atoms with Gasteiger partial charge in [-0.15, -0.1) is 0 Å². The molecule has 1 aliphatic rings. The molecular weight excluding hydrogens is 451 g/mol. The van der Waals surface area contributed by atoms with E-state index in [2.05, 4.69) is 10.6 Å². The number of rotatable bonds is 7. The first-order valence-electron chi connectivity index (χ1n) is 10.9. The molecule has 3 rings (SSSR count). The van der Waals surface area contributed by atoms with Crippen molar-refractivity contribution >= 4 is 23.4 Å². The predicted octanol–water partition coefficient (Wildman–Crippen LogP) is 3.85. The van der Waals surface area contributed by atoms with Crippen LogP contribution in [0.1, 0.15) is 42.1 Å². The van der Waals surface area contributed by atoms with Crippen LogP contribution in [0.2, 0.25) is 0 Å². The smallest absolute Gasteiger partial charge is 0.416 e. The van der Waals surface area contributed by atoms with Crippen LogP contribution in [-0.4, -0.2) is 48.4 Å². The monoisotopic (exact) mass is 477 g/mol. The maximum atomic E-state index is 12.8. The fourth-order valence-corrected chi connectivity index (χ4v) is 3.60. The number of nitrogens with one attached hydrogen (secondary N) is 2. The Kier molecular flexibility index (Phi) is 8.14. The maximum absolute atomic E-state index is 12.8. The number of benzene rings is 2. The zero-order valence-corrected chi connectivity index (χ0v) is 18.7. The van der Waals surface area contributed by atoms with E-state index in [1.165, 1.54) is 12.1 Å². The van der Waals surface area contributed by atoms with Crippen LogP contribution in [0.25, 0.3) is 0 Å². The van der Waals surface area contributed by atoms with Gasteiger partial charge < -0.3 is 20.3 Å². The molecule has 1 fully saturated rings. The van der Waals surface area contributed by atoms with Gasteiger partial charge in [-0.1, -0.05) is 13.0 Å². The highest BCUT2D eigenvalue weighted by Crippen LogP contribution is 2.30. The van der Waals surface area contributed by atoms with Gasteiger partial charge in [0, 0.05) is 36.8 Å². The number of carbonyl (C=O) groups is 3. The summed E-state index contributed by atoms with van der Waals surface area (Å²) in [5, 5.41) is 5.29. The van der Waals surface area contributed by atoms with Gasteiger partial charge in [0.2, 0.25) is 5.91 Å². The summed E-state index contributed by atoms with van der Waals surface area (Å²) >= 11 is 0. The van der Waals surface area contributed by atoms with E-state index in [1.807, 2.05) is 0 Å². The van der Waals surface area contributed by atoms with Crippen LogP contribution in [0.15, 0.2) is 48.5 Å². The van der Waals surface area contributed by atoms with Crippen LogP contribution in [0.4, 0.5) is 18.9 Å². The third-order valence-corrected chi connectivity index (χ3v) is 5.34. The fourth-order valence-electron chi connectivity index (χ4n) is 3.60. The van der Waals surface area contributed by atoms with Gasteiger partial charge in [-0.25, -0.2) is 0 Å². The van der Waals surface area contributed by atoms with Gasteiger partial charge in [-0.3, -0.25) is 14.4 Å². The van der Waals surface area contributed by atoms with E-state index in [1.54, 1.807) is 36.1 Å². The number of anilines is 1. The number of nitrogens with zero attached hydrogens (tertiary/aromatic N) is 1.